The number of hydrogen-bond donors (Lipinski definition) is 1. The lowest BCUT2D eigenvalue weighted by Gasteiger charge is -2.27. The molecule has 0 aliphatic carbocycles. The minimum absolute atomic E-state index is 0.181. The molecular formula is C14H14ClN5O3. The number of hydrogen-bond acceptors (Lipinski definition) is 5. The van der Waals surface area contributed by atoms with Crippen molar-refractivity contribution < 1.29 is 9.66 Å². The van der Waals surface area contributed by atoms with E-state index >= 15 is 0 Å². The molecule has 2 heterocycles. The van der Waals surface area contributed by atoms with Gasteiger partial charge < -0.3 is 15.4 Å². The van der Waals surface area contributed by atoms with Crippen LogP contribution in [0.25, 0.3) is 10.9 Å². The Morgan fingerprint density at radius 2 is 2.17 bits per heavy atom. The molecule has 0 saturated carbocycles. The molecule has 0 bridgehead atoms. The fraction of sp³-hybridized carbons (Fsp3) is 0.286. The number of nitrogens with two attached hydrogens (primary N) is 1. The van der Waals surface area contributed by atoms with E-state index in [1.165, 1.54) is 6.20 Å². The van der Waals surface area contributed by atoms with E-state index in [0.29, 0.717) is 42.2 Å². The van der Waals surface area contributed by atoms with Crippen LogP contribution in [-0.2, 0) is 4.74 Å². The number of fused-ring (bicyclic) bond motifs is 1. The van der Waals surface area contributed by atoms with Crippen molar-refractivity contribution in [3.8, 4) is 0 Å². The highest BCUT2D eigenvalue weighted by atomic mass is 35.5. The average molecular weight is 336 g/mol. The quantitative estimate of drug-likeness (QED) is 0.389. The number of aliphatic imine (C=N–C) groups is 1. The van der Waals surface area contributed by atoms with E-state index in [1.54, 1.807) is 18.2 Å². The summed E-state index contributed by atoms with van der Waals surface area (Å²) in [6.45, 7) is 2.28. The first-order valence-electron chi connectivity index (χ1n) is 6.96. The molecule has 1 fully saturated rings. The second-order valence-electron chi connectivity index (χ2n) is 4.98. The monoisotopic (exact) mass is 335 g/mol. The zero-order valence-corrected chi connectivity index (χ0v) is 12.9. The average Bonchev–Trinajstić information content (AvgIpc) is 2.55. The van der Waals surface area contributed by atoms with Crippen molar-refractivity contribution in [1.82, 2.24) is 9.88 Å². The van der Waals surface area contributed by atoms with Crippen molar-refractivity contribution in [2.75, 3.05) is 26.3 Å². The van der Waals surface area contributed by atoms with Crippen LogP contribution >= 0.6 is 11.6 Å². The van der Waals surface area contributed by atoms with Crippen LogP contribution < -0.4 is 5.73 Å². The van der Waals surface area contributed by atoms with Crippen molar-refractivity contribution in [2.45, 2.75) is 0 Å². The van der Waals surface area contributed by atoms with Crippen molar-refractivity contribution in [3.63, 3.8) is 0 Å². The van der Waals surface area contributed by atoms with Gasteiger partial charge in [-0.1, -0.05) is 11.6 Å². The third kappa shape index (κ3) is 3.17. The van der Waals surface area contributed by atoms with Gasteiger partial charge in [0.25, 0.3) is 0 Å². The number of rotatable bonds is 2. The highest BCUT2D eigenvalue weighted by Gasteiger charge is 2.20. The van der Waals surface area contributed by atoms with Crippen LogP contribution in [0.2, 0.25) is 5.02 Å². The van der Waals surface area contributed by atoms with Crippen LogP contribution in [-0.4, -0.2) is 47.1 Å². The van der Waals surface area contributed by atoms with Crippen LogP contribution in [0.15, 0.2) is 29.4 Å². The molecule has 23 heavy (non-hydrogen) atoms. The normalized spacial score (nSPS) is 15.9. The number of nitrogens with zero attached hydrogens (tertiary/aromatic N) is 4. The van der Waals surface area contributed by atoms with Crippen molar-refractivity contribution in [3.05, 3.63) is 39.5 Å². The Labute approximate surface area is 136 Å². The van der Waals surface area contributed by atoms with Crippen LogP contribution in [0.1, 0.15) is 0 Å². The maximum absolute atomic E-state index is 11.3. The summed E-state index contributed by atoms with van der Waals surface area (Å²) in [5, 5.41) is 12.3. The number of guanidine groups is 1. The van der Waals surface area contributed by atoms with Gasteiger partial charge in [0, 0.05) is 23.5 Å². The van der Waals surface area contributed by atoms with E-state index in [1.807, 2.05) is 4.90 Å². The van der Waals surface area contributed by atoms with Gasteiger partial charge in [-0.2, -0.15) is 0 Å². The molecule has 120 valence electrons. The van der Waals surface area contributed by atoms with Gasteiger partial charge in [-0.3, -0.25) is 10.1 Å². The van der Waals surface area contributed by atoms with Gasteiger partial charge in [0.2, 0.25) is 0 Å². The zero-order chi connectivity index (χ0) is 16.4. The van der Waals surface area contributed by atoms with Crippen molar-refractivity contribution >= 4 is 39.8 Å². The summed E-state index contributed by atoms with van der Waals surface area (Å²) in [5.74, 6) is 0.221. The fourth-order valence-corrected chi connectivity index (χ4v) is 2.54. The third-order valence-corrected chi connectivity index (χ3v) is 3.78. The van der Waals surface area contributed by atoms with E-state index in [4.69, 9.17) is 22.1 Å². The lowest BCUT2D eigenvalue weighted by molar-refractivity contribution is -0.384. The van der Waals surface area contributed by atoms with Crippen molar-refractivity contribution in [1.29, 1.82) is 0 Å². The maximum atomic E-state index is 11.3. The molecule has 0 spiro atoms. The fourth-order valence-electron chi connectivity index (χ4n) is 2.37. The summed E-state index contributed by atoms with van der Waals surface area (Å²) in [7, 11) is 0. The largest absolute Gasteiger partial charge is 0.378 e. The molecule has 8 nitrogen and oxygen atoms in total. The minimum atomic E-state index is -0.521. The molecule has 1 aromatic carbocycles. The summed E-state index contributed by atoms with van der Waals surface area (Å²) < 4.78 is 5.26. The van der Waals surface area contributed by atoms with Crippen molar-refractivity contribution in [2.24, 2.45) is 10.7 Å². The zero-order valence-electron chi connectivity index (χ0n) is 12.1. The Morgan fingerprint density at radius 3 is 2.87 bits per heavy atom. The molecular weight excluding hydrogens is 322 g/mol. The van der Waals surface area contributed by atoms with Gasteiger partial charge in [-0.05, 0) is 18.2 Å². The Bertz CT molecular complexity index is 789. The first-order valence-corrected chi connectivity index (χ1v) is 7.33. The Balaban J connectivity index is 2.13. The number of aromatic nitrogens is 1. The molecule has 3 rings (SSSR count). The topological polar surface area (TPSA) is 107 Å². The molecule has 0 radical (unpaired) electrons. The van der Waals surface area contributed by atoms with E-state index in [2.05, 4.69) is 9.98 Å². The number of nitro groups is 1. The molecule has 2 aromatic rings. The van der Waals surface area contributed by atoms with E-state index in [9.17, 15) is 10.1 Å². The summed E-state index contributed by atoms with van der Waals surface area (Å²) in [6.07, 6.45) is 1.17. The molecule has 9 heteroatoms. The molecule has 0 unspecified atom stereocenters. The molecule has 1 aliphatic rings. The Hall–Kier alpha value is -2.45. The van der Waals surface area contributed by atoms with Gasteiger partial charge in [0.1, 0.15) is 6.20 Å². The smallest absolute Gasteiger partial charge is 0.313 e. The molecule has 0 amide bonds. The highest BCUT2D eigenvalue weighted by molar-refractivity contribution is 6.31. The molecule has 2 N–H and O–H groups in total. The minimum Gasteiger partial charge on any atom is -0.378 e. The summed E-state index contributed by atoms with van der Waals surface area (Å²) in [5.41, 5.74) is 6.53. The SMILES string of the molecule is NC(=Nc1c([N+](=O)[O-])cnc2cc(Cl)ccc12)N1CCOCC1. The summed E-state index contributed by atoms with van der Waals surface area (Å²) in [4.78, 5) is 21.0. The van der Waals surface area contributed by atoms with Gasteiger partial charge in [0.15, 0.2) is 11.6 Å². The van der Waals surface area contributed by atoms with Gasteiger partial charge in [-0.25, -0.2) is 9.98 Å². The van der Waals surface area contributed by atoms with Crippen LogP contribution in [0.5, 0.6) is 0 Å². The summed E-state index contributed by atoms with van der Waals surface area (Å²) in [6, 6.07) is 4.92. The maximum Gasteiger partial charge on any atom is 0.313 e. The van der Waals surface area contributed by atoms with E-state index in [-0.39, 0.29) is 17.3 Å². The second-order valence-corrected chi connectivity index (χ2v) is 5.42. The molecule has 1 saturated heterocycles. The third-order valence-electron chi connectivity index (χ3n) is 3.54. The first kappa shape index (κ1) is 15.4. The Morgan fingerprint density at radius 1 is 1.43 bits per heavy atom. The number of morpholine rings is 1. The lowest BCUT2D eigenvalue weighted by atomic mass is 10.1. The van der Waals surface area contributed by atoms with E-state index < -0.39 is 4.92 Å². The standard InChI is InChI=1S/C14H14ClN5O3/c15-9-1-2-10-11(7-9)17-8-12(20(21)22)13(10)18-14(16)19-3-5-23-6-4-19/h1-2,7-8H,3-6H2,(H2,16,17,18). The Kier molecular flexibility index (Phi) is 4.26. The van der Waals surface area contributed by atoms with Crippen LogP contribution in [0.3, 0.4) is 0 Å². The number of benzene rings is 1. The summed E-state index contributed by atoms with van der Waals surface area (Å²) >= 11 is 5.94. The number of ether oxygens (including phenoxy) is 1. The molecule has 1 aromatic heterocycles. The predicted octanol–water partition coefficient (Wildman–Crippen LogP) is 2.07. The highest BCUT2D eigenvalue weighted by Crippen LogP contribution is 2.35. The van der Waals surface area contributed by atoms with Gasteiger partial charge in [-0.15, -0.1) is 0 Å². The first-order chi connectivity index (χ1) is 11.1. The number of pyridine rings is 1. The van der Waals surface area contributed by atoms with Gasteiger partial charge in [0.05, 0.1) is 23.7 Å². The second kappa shape index (κ2) is 6.35. The van der Waals surface area contributed by atoms with Crippen LogP contribution in [0.4, 0.5) is 11.4 Å². The predicted molar refractivity (Wildman–Crippen MR) is 87.1 cm³/mol. The van der Waals surface area contributed by atoms with Crippen LogP contribution in [0, 0.1) is 10.1 Å². The molecule has 0 atom stereocenters. The van der Waals surface area contributed by atoms with E-state index in [0.717, 1.165) is 0 Å². The lowest BCUT2D eigenvalue weighted by Crippen LogP contribution is -2.44. The van der Waals surface area contributed by atoms with Gasteiger partial charge >= 0.3 is 5.69 Å². The molecule has 1 aliphatic heterocycles. The number of halogens is 1.